The Morgan fingerprint density at radius 3 is 1.76 bits per heavy atom. The molecule has 0 atom stereocenters. The van der Waals surface area contributed by atoms with Gasteiger partial charge in [-0.3, -0.25) is 0 Å². The SMILES string of the molecule is CCCCCCOC(CCCN(C)[O-])OCCCCCC. The lowest BCUT2D eigenvalue weighted by Gasteiger charge is -2.24. The fraction of sp³-hybridized carbons (Fsp3) is 1.00. The Labute approximate surface area is 131 Å². The minimum atomic E-state index is -0.131. The molecule has 4 nitrogen and oxygen atoms in total. The van der Waals surface area contributed by atoms with Gasteiger partial charge in [0.25, 0.3) is 0 Å². The molecular formula is C17H36NO3-. The maximum atomic E-state index is 10.9. The van der Waals surface area contributed by atoms with Gasteiger partial charge in [-0.25, -0.2) is 0 Å². The molecule has 0 N–H and O–H groups in total. The Morgan fingerprint density at radius 2 is 1.33 bits per heavy atom. The van der Waals surface area contributed by atoms with E-state index in [2.05, 4.69) is 13.8 Å². The van der Waals surface area contributed by atoms with Crippen molar-refractivity contribution in [1.29, 1.82) is 0 Å². The van der Waals surface area contributed by atoms with Crippen LogP contribution in [0.3, 0.4) is 0 Å². The van der Waals surface area contributed by atoms with E-state index in [1.54, 1.807) is 7.05 Å². The van der Waals surface area contributed by atoms with Crippen molar-refractivity contribution < 1.29 is 9.47 Å². The van der Waals surface area contributed by atoms with E-state index in [-0.39, 0.29) is 6.29 Å². The third kappa shape index (κ3) is 16.0. The van der Waals surface area contributed by atoms with Crippen molar-refractivity contribution in [3.63, 3.8) is 0 Å². The van der Waals surface area contributed by atoms with Crippen LogP contribution in [0.2, 0.25) is 0 Å². The van der Waals surface area contributed by atoms with Gasteiger partial charge in [-0.2, -0.15) is 0 Å². The van der Waals surface area contributed by atoms with Crippen LogP contribution in [0, 0.1) is 5.21 Å². The van der Waals surface area contributed by atoms with Crippen LogP contribution in [0.4, 0.5) is 0 Å². The molecule has 0 aromatic heterocycles. The fourth-order valence-electron chi connectivity index (χ4n) is 2.18. The number of nitrogens with zero attached hydrogens (tertiary/aromatic N) is 1. The molecule has 128 valence electrons. The lowest BCUT2D eigenvalue weighted by atomic mass is 10.2. The number of hydrogen-bond donors (Lipinski definition) is 0. The highest BCUT2D eigenvalue weighted by atomic mass is 16.7. The third-order valence-corrected chi connectivity index (χ3v) is 3.52. The average Bonchev–Trinajstić information content (AvgIpc) is 2.45. The van der Waals surface area contributed by atoms with Gasteiger partial charge in [-0.05, 0) is 39.3 Å². The number of hydroxylamine groups is 2. The first-order valence-electron chi connectivity index (χ1n) is 8.82. The molecule has 0 heterocycles. The molecule has 0 rings (SSSR count). The number of ether oxygens (including phenoxy) is 2. The summed E-state index contributed by atoms with van der Waals surface area (Å²) in [7, 11) is 1.56. The van der Waals surface area contributed by atoms with Gasteiger partial charge < -0.3 is 19.7 Å². The first-order chi connectivity index (χ1) is 10.2. The van der Waals surface area contributed by atoms with Gasteiger partial charge in [-0.1, -0.05) is 52.4 Å². The average molecular weight is 302 g/mol. The van der Waals surface area contributed by atoms with Crippen LogP contribution in [-0.4, -0.2) is 38.2 Å². The van der Waals surface area contributed by atoms with Crippen molar-refractivity contribution in [2.24, 2.45) is 0 Å². The van der Waals surface area contributed by atoms with E-state index in [1.165, 1.54) is 38.5 Å². The molecule has 0 spiro atoms. The highest BCUT2D eigenvalue weighted by molar-refractivity contribution is 4.54. The molecule has 0 unspecified atom stereocenters. The molecule has 0 aromatic rings. The molecule has 0 aliphatic heterocycles. The normalized spacial score (nSPS) is 11.7. The minimum Gasteiger partial charge on any atom is -0.785 e. The molecule has 0 amide bonds. The smallest absolute Gasteiger partial charge is 0.157 e. The zero-order chi connectivity index (χ0) is 15.8. The monoisotopic (exact) mass is 302 g/mol. The Bertz CT molecular complexity index is 186. The topological polar surface area (TPSA) is 44.8 Å². The predicted octanol–water partition coefficient (Wildman–Crippen LogP) is 4.72. The van der Waals surface area contributed by atoms with Crippen LogP contribution in [0.25, 0.3) is 0 Å². The maximum Gasteiger partial charge on any atom is 0.157 e. The molecule has 0 radical (unpaired) electrons. The molecule has 0 aliphatic rings. The van der Waals surface area contributed by atoms with Gasteiger partial charge in [0.1, 0.15) is 0 Å². The zero-order valence-electron chi connectivity index (χ0n) is 14.4. The minimum absolute atomic E-state index is 0.131. The summed E-state index contributed by atoms with van der Waals surface area (Å²) in [5.41, 5.74) is 0. The van der Waals surface area contributed by atoms with E-state index in [9.17, 15) is 5.21 Å². The first-order valence-corrected chi connectivity index (χ1v) is 8.82. The summed E-state index contributed by atoms with van der Waals surface area (Å²) in [6.07, 6.45) is 11.2. The lowest BCUT2D eigenvalue weighted by Crippen LogP contribution is -2.21. The quantitative estimate of drug-likeness (QED) is 0.235. The highest BCUT2D eigenvalue weighted by Gasteiger charge is 2.09. The Kier molecular flexibility index (Phi) is 16.1. The van der Waals surface area contributed by atoms with Gasteiger partial charge in [0, 0.05) is 13.2 Å². The number of rotatable bonds is 16. The van der Waals surface area contributed by atoms with Crippen molar-refractivity contribution in [2.45, 2.75) is 84.3 Å². The van der Waals surface area contributed by atoms with Crippen molar-refractivity contribution in [1.82, 2.24) is 5.06 Å². The van der Waals surface area contributed by atoms with E-state index >= 15 is 0 Å². The van der Waals surface area contributed by atoms with E-state index in [4.69, 9.17) is 9.47 Å². The van der Waals surface area contributed by atoms with Gasteiger partial charge in [0.2, 0.25) is 0 Å². The van der Waals surface area contributed by atoms with E-state index in [0.717, 1.165) is 44.0 Å². The third-order valence-electron chi connectivity index (χ3n) is 3.52. The van der Waals surface area contributed by atoms with Crippen LogP contribution < -0.4 is 0 Å². The zero-order valence-corrected chi connectivity index (χ0v) is 14.4. The molecular weight excluding hydrogens is 266 g/mol. The second-order valence-electron chi connectivity index (χ2n) is 5.79. The summed E-state index contributed by atoms with van der Waals surface area (Å²) >= 11 is 0. The van der Waals surface area contributed by atoms with Gasteiger partial charge >= 0.3 is 0 Å². The Hall–Kier alpha value is -0.160. The van der Waals surface area contributed by atoms with Crippen LogP contribution in [-0.2, 0) is 9.47 Å². The second-order valence-corrected chi connectivity index (χ2v) is 5.79. The van der Waals surface area contributed by atoms with Gasteiger partial charge in [-0.15, -0.1) is 0 Å². The summed E-state index contributed by atoms with van der Waals surface area (Å²) in [5.74, 6) is 0. The van der Waals surface area contributed by atoms with Crippen molar-refractivity contribution in [3.8, 4) is 0 Å². The van der Waals surface area contributed by atoms with Crippen LogP contribution >= 0.6 is 0 Å². The summed E-state index contributed by atoms with van der Waals surface area (Å²) in [6.45, 7) is 6.51. The number of unbranched alkanes of at least 4 members (excludes halogenated alkanes) is 6. The lowest BCUT2D eigenvalue weighted by molar-refractivity contribution is -0.148. The van der Waals surface area contributed by atoms with Crippen molar-refractivity contribution in [2.75, 3.05) is 26.8 Å². The van der Waals surface area contributed by atoms with E-state index < -0.39 is 0 Å². The second kappa shape index (κ2) is 16.2. The molecule has 4 heteroatoms. The van der Waals surface area contributed by atoms with Crippen LogP contribution in [0.15, 0.2) is 0 Å². The standard InChI is InChI=1S/C17H36NO3/c1-4-6-8-10-15-20-17(13-12-14-18(3)19)21-16-11-9-7-5-2/h17H,4-16H2,1-3H3/q-1. The molecule has 0 aliphatic carbocycles. The van der Waals surface area contributed by atoms with Crippen LogP contribution in [0.1, 0.15) is 78.1 Å². The highest BCUT2D eigenvalue weighted by Crippen LogP contribution is 2.09. The van der Waals surface area contributed by atoms with Crippen molar-refractivity contribution in [3.05, 3.63) is 5.21 Å². The summed E-state index contributed by atoms with van der Waals surface area (Å²) in [5, 5.41) is 11.9. The summed E-state index contributed by atoms with van der Waals surface area (Å²) < 4.78 is 11.7. The van der Waals surface area contributed by atoms with Crippen molar-refractivity contribution >= 4 is 0 Å². The Morgan fingerprint density at radius 1 is 0.810 bits per heavy atom. The number of hydrogen-bond acceptors (Lipinski definition) is 4. The summed E-state index contributed by atoms with van der Waals surface area (Å²) in [4.78, 5) is 0. The fourth-order valence-corrected chi connectivity index (χ4v) is 2.18. The molecule has 0 aromatic carbocycles. The molecule has 0 saturated heterocycles. The van der Waals surface area contributed by atoms with Gasteiger partial charge in [0.15, 0.2) is 6.29 Å². The van der Waals surface area contributed by atoms with E-state index in [1.807, 2.05) is 0 Å². The molecule has 0 saturated carbocycles. The first kappa shape index (κ1) is 20.8. The maximum absolute atomic E-state index is 10.9. The Balaban J connectivity index is 3.74. The van der Waals surface area contributed by atoms with E-state index in [0.29, 0.717) is 6.54 Å². The molecule has 0 bridgehead atoms. The largest absolute Gasteiger partial charge is 0.785 e. The summed E-state index contributed by atoms with van der Waals surface area (Å²) in [6, 6.07) is 0. The predicted molar refractivity (Wildman–Crippen MR) is 89.2 cm³/mol. The van der Waals surface area contributed by atoms with Crippen LogP contribution in [0.5, 0.6) is 0 Å². The molecule has 21 heavy (non-hydrogen) atoms. The molecule has 0 fully saturated rings. The van der Waals surface area contributed by atoms with Gasteiger partial charge in [0.05, 0.1) is 0 Å².